The molecule has 30 heavy (non-hydrogen) atoms. The van der Waals surface area contributed by atoms with Crippen LogP contribution in [0.2, 0.25) is 0 Å². The molecule has 0 radical (unpaired) electrons. The lowest BCUT2D eigenvalue weighted by Gasteiger charge is -2.27. The van der Waals surface area contributed by atoms with Gasteiger partial charge >= 0.3 is 0 Å². The third-order valence-electron chi connectivity index (χ3n) is 4.85. The lowest BCUT2D eigenvalue weighted by Crippen LogP contribution is -2.41. The Morgan fingerprint density at radius 2 is 1.93 bits per heavy atom. The number of sulfone groups is 1. The highest BCUT2D eigenvalue weighted by atomic mass is 32.2. The van der Waals surface area contributed by atoms with Crippen molar-refractivity contribution in [3.05, 3.63) is 65.6 Å². The summed E-state index contributed by atoms with van der Waals surface area (Å²) in [4.78, 5) is 18.4. The molecule has 7 nitrogen and oxygen atoms in total. The summed E-state index contributed by atoms with van der Waals surface area (Å²) in [7, 11) is -4.27. The van der Waals surface area contributed by atoms with Gasteiger partial charge in [0.1, 0.15) is 5.82 Å². The van der Waals surface area contributed by atoms with Crippen molar-refractivity contribution in [3.63, 3.8) is 0 Å². The number of amides is 1. The Morgan fingerprint density at radius 3 is 2.67 bits per heavy atom. The minimum Gasteiger partial charge on any atom is -0.378 e. The number of nitrogens with zero attached hydrogens (tertiary/aromatic N) is 3. The molecule has 1 aromatic heterocycles. The molecule has 0 unspecified atom stereocenters. The van der Waals surface area contributed by atoms with Crippen molar-refractivity contribution in [2.24, 2.45) is 0 Å². The molecule has 2 aromatic carbocycles. The number of carbonyl (C=O) groups excluding carboxylic acids is 1. The Labute approximate surface area is 172 Å². The number of aromatic nitrogens is 1. The molecule has 3 aromatic rings. The zero-order valence-corrected chi connectivity index (χ0v) is 16.5. The van der Waals surface area contributed by atoms with E-state index < -0.39 is 21.6 Å². The molecule has 0 aliphatic carbocycles. The largest absolute Gasteiger partial charge is 0.378 e. The van der Waals surface area contributed by atoms with Crippen LogP contribution >= 0.6 is 0 Å². The summed E-state index contributed by atoms with van der Waals surface area (Å²) in [6.45, 7) is 1.30. The van der Waals surface area contributed by atoms with E-state index in [1.165, 1.54) is 47.5 Å². The van der Waals surface area contributed by atoms with Crippen molar-refractivity contribution in [1.29, 1.82) is 5.26 Å². The second-order valence-corrected chi connectivity index (χ2v) is 8.60. The summed E-state index contributed by atoms with van der Waals surface area (Å²) in [6.07, 6.45) is 1.21. The molecule has 2 heterocycles. The Hall–Kier alpha value is -3.35. The topological polar surface area (TPSA) is 100 Å². The van der Waals surface area contributed by atoms with E-state index in [0.717, 1.165) is 6.07 Å². The highest BCUT2D eigenvalue weighted by Gasteiger charge is 2.31. The first-order chi connectivity index (χ1) is 14.4. The number of hydrogen-bond acceptors (Lipinski definition) is 6. The maximum Gasteiger partial charge on any atom is 0.256 e. The summed E-state index contributed by atoms with van der Waals surface area (Å²) >= 11 is 0. The summed E-state index contributed by atoms with van der Waals surface area (Å²) < 4.78 is 46.5. The van der Waals surface area contributed by atoms with Gasteiger partial charge in [0.15, 0.2) is 0 Å². The average molecular weight is 425 g/mol. The summed E-state index contributed by atoms with van der Waals surface area (Å²) in [5.41, 5.74) is 0.254. The first-order valence-electron chi connectivity index (χ1n) is 9.12. The number of morpholine rings is 1. The van der Waals surface area contributed by atoms with Gasteiger partial charge in [-0.1, -0.05) is 6.07 Å². The lowest BCUT2D eigenvalue weighted by molar-refractivity contribution is 0.0300. The minimum atomic E-state index is -4.27. The zero-order chi connectivity index (χ0) is 21.3. The van der Waals surface area contributed by atoms with Gasteiger partial charge in [-0.25, -0.2) is 12.8 Å². The molecule has 0 bridgehead atoms. The average Bonchev–Trinajstić information content (AvgIpc) is 2.78. The van der Waals surface area contributed by atoms with Gasteiger partial charge in [0.25, 0.3) is 5.91 Å². The van der Waals surface area contributed by atoms with Crippen molar-refractivity contribution in [1.82, 2.24) is 9.88 Å². The molecular formula is C21H16FN3O4S. The molecular weight excluding hydrogens is 409 g/mol. The van der Waals surface area contributed by atoms with Gasteiger partial charge in [-0.2, -0.15) is 5.26 Å². The van der Waals surface area contributed by atoms with Crippen LogP contribution in [0.25, 0.3) is 10.9 Å². The summed E-state index contributed by atoms with van der Waals surface area (Å²) in [5, 5.41) is 9.15. The SMILES string of the molecule is N#Cc1cccc(S(=O)(=O)c2c(C(=O)N3CCOCC3)cnc3ccc(F)cc23)c1. The molecule has 1 amide bonds. The van der Waals surface area contributed by atoms with Crippen molar-refractivity contribution < 1.29 is 22.3 Å². The highest BCUT2D eigenvalue weighted by Crippen LogP contribution is 2.32. The Kier molecular flexibility index (Phi) is 5.20. The molecule has 1 saturated heterocycles. The Morgan fingerprint density at radius 1 is 1.17 bits per heavy atom. The molecule has 0 spiro atoms. The molecule has 9 heteroatoms. The standard InChI is InChI=1S/C21H16FN3O4S/c22-15-4-5-19-17(11-15)20(30(27,28)16-3-1-2-14(10-16)12-23)18(13-24-19)21(26)25-6-8-29-9-7-25/h1-5,10-11,13H,6-9H2. The van der Waals surface area contributed by atoms with Gasteiger partial charge in [0.05, 0.1) is 45.7 Å². The summed E-state index contributed by atoms with van der Waals surface area (Å²) in [6, 6.07) is 11.0. The van der Waals surface area contributed by atoms with Crippen LogP contribution in [0.1, 0.15) is 15.9 Å². The van der Waals surface area contributed by atoms with E-state index in [2.05, 4.69) is 4.98 Å². The second kappa shape index (κ2) is 7.82. The van der Waals surface area contributed by atoms with E-state index >= 15 is 0 Å². The van der Waals surface area contributed by atoms with Crippen molar-refractivity contribution in [2.45, 2.75) is 9.79 Å². The molecule has 1 fully saturated rings. The fourth-order valence-electron chi connectivity index (χ4n) is 3.37. The van der Waals surface area contributed by atoms with Crippen LogP contribution in [-0.4, -0.2) is 50.5 Å². The number of nitriles is 1. The van der Waals surface area contributed by atoms with E-state index in [9.17, 15) is 17.6 Å². The van der Waals surface area contributed by atoms with Gasteiger partial charge in [0.2, 0.25) is 9.84 Å². The third-order valence-corrected chi connectivity index (χ3v) is 6.70. The maximum atomic E-state index is 14.0. The van der Waals surface area contributed by atoms with Crippen LogP contribution in [0.3, 0.4) is 0 Å². The van der Waals surface area contributed by atoms with Crippen molar-refractivity contribution >= 4 is 26.6 Å². The van der Waals surface area contributed by atoms with Crippen LogP contribution in [0, 0.1) is 17.1 Å². The molecule has 4 rings (SSSR count). The summed E-state index contributed by atoms with van der Waals surface area (Å²) in [5.74, 6) is -1.17. The van der Waals surface area contributed by atoms with E-state index in [0.29, 0.717) is 26.3 Å². The molecule has 152 valence electrons. The number of rotatable bonds is 3. The van der Waals surface area contributed by atoms with Crippen LogP contribution in [0.5, 0.6) is 0 Å². The van der Waals surface area contributed by atoms with Gasteiger partial charge in [0, 0.05) is 24.7 Å². The number of fused-ring (bicyclic) bond motifs is 1. The highest BCUT2D eigenvalue weighted by molar-refractivity contribution is 7.91. The molecule has 0 N–H and O–H groups in total. The van der Waals surface area contributed by atoms with Gasteiger partial charge in [-0.3, -0.25) is 9.78 Å². The van der Waals surface area contributed by atoms with E-state index in [1.54, 1.807) is 0 Å². The predicted molar refractivity (Wildman–Crippen MR) is 105 cm³/mol. The Balaban J connectivity index is 1.99. The lowest BCUT2D eigenvalue weighted by atomic mass is 10.1. The number of hydrogen-bond donors (Lipinski definition) is 0. The predicted octanol–water partition coefficient (Wildman–Crippen LogP) is 2.55. The number of ether oxygens (including phenoxy) is 1. The quantitative estimate of drug-likeness (QED) is 0.639. The number of benzene rings is 2. The first kappa shape index (κ1) is 19.9. The molecule has 1 aliphatic heterocycles. The fourth-order valence-corrected chi connectivity index (χ4v) is 5.03. The van der Waals surface area contributed by atoms with E-state index in [4.69, 9.17) is 10.00 Å². The molecule has 0 saturated carbocycles. The number of carbonyl (C=O) groups is 1. The molecule has 1 aliphatic rings. The first-order valence-corrected chi connectivity index (χ1v) is 10.6. The van der Waals surface area contributed by atoms with Crippen LogP contribution in [-0.2, 0) is 14.6 Å². The van der Waals surface area contributed by atoms with Crippen molar-refractivity contribution in [3.8, 4) is 6.07 Å². The molecule has 0 atom stereocenters. The van der Waals surface area contributed by atoms with Crippen LogP contribution in [0.15, 0.2) is 58.5 Å². The monoisotopic (exact) mass is 425 g/mol. The zero-order valence-electron chi connectivity index (χ0n) is 15.7. The number of pyridine rings is 1. The number of halogens is 1. The normalized spacial score (nSPS) is 14.5. The van der Waals surface area contributed by atoms with Gasteiger partial charge < -0.3 is 9.64 Å². The minimum absolute atomic E-state index is 0.0106. The fraction of sp³-hybridized carbons (Fsp3) is 0.190. The van der Waals surface area contributed by atoms with E-state index in [1.807, 2.05) is 6.07 Å². The second-order valence-electron chi connectivity index (χ2n) is 6.71. The maximum absolute atomic E-state index is 14.0. The van der Waals surface area contributed by atoms with Crippen LogP contribution in [0.4, 0.5) is 4.39 Å². The Bertz CT molecular complexity index is 1300. The van der Waals surface area contributed by atoms with Crippen molar-refractivity contribution in [2.75, 3.05) is 26.3 Å². The van der Waals surface area contributed by atoms with Gasteiger partial charge in [-0.05, 0) is 36.4 Å². The smallest absolute Gasteiger partial charge is 0.256 e. The van der Waals surface area contributed by atoms with Gasteiger partial charge in [-0.15, -0.1) is 0 Å². The van der Waals surface area contributed by atoms with Crippen LogP contribution < -0.4 is 0 Å². The van der Waals surface area contributed by atoms with E-state index in [-0.39, 0.29) is 31.8 Å². The third kappa shape index (κ3) is 3.51.